The van der Waals surface area contributed by atoms with Crippen molar-refractivity contribution >= 4 is 0 Å². The van der Waals surface area contributed by atoms with Gasteiger partial charge < -0.3 is 0 Å². The molecule has 40 valence electrons. The molecule has 1 N–H and O–H groups in total. The average Bonchev–Trinajstić information content (AvgIpc) is 1.61. The van der Waals surface area contributed by atoms with Gasteiger partial charge in [0, 0.05) is 6.04 Å². The van der Waals surface area contributed by atoms with Crippen molar-refractivity contribution in [3.05, 3.63) is 11.4 Å². The van der Waals surface area contributed by atoms with Crippen molar-refractivity contribution in [1.29, 1.82) is 0 Å². The third-order valence-corrected chi connectivity index (χ3v) is 0.579. The highest BCUT2D eigenvalue weighted by molar-refractivity contribution is 4.58. The van der Waals surface area contributed by atoms with Crippen LogP contribution in [0.5, 0.6) is 0 Å². The Labute approximate surface area is 44.4 Å². The minimum absolute atomic E-state index is 0.439. The summed E-state index contributed by atoms with van der Waals surface area (Å²) in [6.07, 6.45) is 0. The van der Waals surface area contributed by atoms with Crippen molar-refractivity contribution in [1.82, 2.24) is 5.32 Å². The summed E-state index contributed by atoms with van der Waals surface area (Å²) < 4.78 is 0. The SMILES string of the molecule is [C-]#[N+]CNC(C)C. The Balaban J connectivity index is 2.86. The van der Waals surface area contributed by atoms with Gasteiger partial charge in [-0.25, -0.2) is 11.9 Å². The van der Waals surface area contributed by atoms with E-state index in [4.69, 9.17) is 6.57 Å². The molecule has 0 heterocycles. The fourth-order valence-corrected chi connectivity index (χ4v) is 0.228. The van der Waals surface area contributed by atoms with Gasteiger partial charge in [0.05, 0.1) is 0 Å². The molecule has 0 atom stereocenters. The van der Waals surface area contributed by atoms with Crippen LogP contribution in [0, 0.1) is 6.57 Å². The predicted molar refractivity (Wildman–Crippen MR) is 29.7 cm³/mol. The molecule has 0 aliphatic carbocycles. The van der Waals surface area contributed by atoms with E-state index in [1.54, 1.807) is 0 Å². The molecular weight excluding hydrogens is 88.1 g/mol. The van der Waals surface area contributed by atoms with Crippen molar-refractivity contribution in [3.63, 3.8) is 0 Å². The number of rotatable bonds is 2. The molecule has 0 amide bonds. The van der Waals surface area contributed by atoms with Crippen LogP contribution >= 0.6 is 0 Å². The normalized spacial score (nSPS) is 8.86. The monoisotopic (exact) mass is 98.1 g/mol. The molecule has 0 rings (SSSR count). The highest BCUT2D eigenvalue weighted by Crippen LogP contribution is 1.72. The van der Waals surface area contributed by atoms with Crippen molar-refractivity contribution in [2.45, 2.75) is 19.9 Å². The lowest BCUT2D eigenvalue weighted by molar-refractivity contribution is 0.631. The average molecular weight is 98.1 g/mol. The Morgan fingerprint density at radius 3 is 2.43 bits per heavy atom. The van der Waals surface area contributed by atoms with Crippen LogP contribution in [-0.4, -0.2) is 12.7 Å². The van der Waals surface area contributed by atoms with Crippen molar-refractivity contribution < 1.29 is 0 Å². The number of hydrogen-bond donors (Lipinski definition) is 1. The summed E-state index contributed by atoms with van der Waals surface area (Å²) in [6, 6.07) is 0.439. The molecule has 7 heavy (non-hydrogen) atoms. The first kappa shape index (κ1) is 6.45. The van der Waals surface area contributed by atoms with E-state index < -0.39 is 0 Å². The summed E-state index contributed by atoms with van der Waals surface area (Å²) in [5, 5.41) is 2.94. The van der Waals surface area contributed by atoms with E-state index in [0.29, 0.717) is 12.7 Å². The van der Waals surface area contributed by atoms with Crippen molar-refractivity contribution in [2.75, 3.05) is 6.67 Å². The van der Waals surface area contributed by atoms with E-state index in [1.165, 1.54) is 0 Å². The van der Waals surface area contributed by atoms with Crippen molar-refractivity contribution in [2.24, 2.45) is 0 Å². The van der Waals surface area contributed by atoms with Crippen LogP contribution in [0.1, 0.15) is 13.8 Å². The van der Waals surface area contributed by atoms with Crippen LogP contribution < -0.4 is 5.32 Å². The van der Waals surface area contributed by atoms with E-state index in [-0.39, 0.29) is 0 Å². The molecule has 0 radical (unpaired) electrons. The molecule has 0 saturated carbocycles. The van der Waals surface area contributed by atoms with Crippen LogP contribution in [0.3, 0.4) is 0 Å². The molecule has 2 nitrogen and oxygen atoms in total. The van der Waals surface area contributed by atoms with Crippen LogP contribution in [0.15, 0.2) is 0 Å². The first-order valence-electron chi connectivity index (χ1n) is 2.34. The first-order chi connectivity index (χ1) is 3.27. The molecule has 0 aliphatic rings. The van der Waals surface area contributed by atoms with Gasteiger partial charge in [-0.05, 0) is 13.8 Å². The predicted octanol–water partition coefficient (Wildman–Crippen LogP) is 0.861. The van der Waals surface area contributed by atoms with Gasteiger partial charge in [-0.1, -0.05) is 0 Å². The zero-order valence-corrected chi connectivity index (χ0v) is 4.73. The number of hydrogen-bond acceptors (Lipinski definition) is 1. The summed E-state index contributed by atoms with van der Waals surface area (Å²) in [5.74, 6) is 0. The van der Waals surface area contributed by atoms with Crippen LogP contribution in [-0.2, 0) is 0 Å². The smallest absolute Gasteiger partial charge is 0.268 e. The molecule has 0 aromatic carbocycles. The van der Waals surface area contributed by atoms with Crippen LogP contribution in [0.4, 0.5) is 0 Å². The quantitative estimate of drug-likeness (QED) is 0.507. The summed E-state index contributed by atoms with van der Waals surface area (Å²) in [7, 11) is 0. The lowest BCUT2D eigenvalue weighted by atomic mass is 10.4. The van der Waals surface area contributed by atoms with Crippen molar-refractivity contribution in [3.8, 4) is 0 Å². The summed E-state index contributed by atoms with van der Waals surface area (Å²) in [5.41, 5.74) is 0. The minimum atomic E-state index is 0.439. The molecule has 0 aromatic rings. The highest BCUT2D eigenvalue weighted by Gasteiger charge is 1.87. The largest absolute Gasteiger partial charge is 0.300 e. The third-order valence-electron chi connectivity index (χ3n) is 0.579. The van der Waals surface area contributed by atoms with Gasteiger partial charge >= 0.3 is 0 Å². The van der Waals surface area contributed by atoms with Crippen LogP contribution in [0.25, 0.3) is 4.85 Å². The molecule has 0 aliphatic heterocycles. The molecule has 0 bridgehead atoms. The van der Waals surface area contributed by atoms with Gasteiger partial charge in [0.15, 0.2) is 0 Å². The maximum Gasteiger partial charge on any atom is 0.268 e. The Morgan fingerprint density at radius 1 is 1.71 bits per heavy atom. The second-order valence-electron chi connectivity index (χ2n) is 1.68. The van der Waals surface area contributed by atoms with Gasteiger partial charge in [-0.2, -0.15) is 0 Å². The van der Waals surface area contributed by atoms with E-state index >= 15 is 0 Å². The number of nitrogens with zero attached hydrogens (tertiary/aromatic N) is 1. The van der Waals surface area contributed by atoms with E-state index in [9.17, 15) is 0 Å². The summed E-state index contributed by atoms with van der Waals surface area (Å²) in [6.45, 7) is 10.8. The van der Waals surface area contributed by atoms with Gasteiger partial charge in [0.25, 0.3) is 6.67 Å². The summed E-state index contributed by atoms with van der Waals surface area (Å²) >= 11 is 0. The fourth-order valence-electron chi connectivity index (χ4n) is 0.228. The van der Waals surface area contributed by atoms with Gasteiger partial charge in [-0.3, -0.25) is 4.85 Å². The second-order valence-corrected chi connectivity index (χ2v) is 1.68. The van der Waals surface area contributed by atoms with E-state index in [1.807, 2.05) is 13.8 Å². The zero-order chi connectivity index (χ0) is 5.70. The standard InChI is InChI=1S/C5H10N2/c1-5(2)7-4-6-3/h5,7H,4H2,1-2H3. The lowest BCUT2D eigenvalue weighted by Gasteiger charge is -1.96. The van der Waals surface area contributed by atoms with E-state index in [0.717, 1.165) is 0 Å². The van der Waals surface area contributed by atoms with Gasteiger partial charge in [0.2, 0.25) is 0 Å². The topological polar surface area (TPSA) is 16.4 Å². The third kappa shape index (κ3) is 5.45. The second kappa shape index (κ2) is 3.63. The Kier molecular flexibility index (Phi) is 3.35. The van der Waals surface area contributed by atoms with Gasteiger partial charge in [0.1, 0.15) is 0 Å². The molecule has 0 saturated heterocycles. The van der Waals surface area contributed by atoms with Gasteiger partial charge in [-0.15, -0.1) is 0 Å². The Morgan fingerprint density at radius 2 is 2.29 bits per heavy atom. The summed E-state index contributed by atoms with van der Waals surface area (Å²) in [4.78, 5) is 3.11. The molecule has 0 spiro atoms. The maximum atomic E-state index is 6.36. The molecule has 2 heteroatoms. The Hall–Kier alpha value is -0.550. The fraction of sp³-hybridized carbons (Fsp3) is 0.800. The highest BCUT2D eigenvalue weighted by atomic mass is 15.0. The zero-order valence-electron chi connectivity index (χ0n) is 4.73. The Bertz CT molecular complexity index is 70.6. The molecule has 0 fully saturated rings. The van der Waals surface area contributed by atoms with Crippen LogP contribution in [0.2, 0.25) is 0 Å². The molecule has 0 aromatic heterocycles. The lowest BCUT2D eigenvalue weighted by Crippen LogP contribution is -2.21. The van der Waals surface area contributed by atoms with E-state index in [2.05, 4.69) is 10.2 Å². The number of nitrogens with one attached hydrogen (secondary N) is 1. The molecular formula is C5H10N2. The molecule has 0 unspecified atom stereocenters. The maximum absolute atomic E-state index is 6.36. The first-order valence-corrected chi connectivity index (χ1v) is 2.34. The minimum Gasteiger partial charge on any atom is -0.300 e.